The molecule has 0 unspecified atom stereocenters. The molecule has 0 atom stereocenters. The quantitative estimate of drug-likeness (QED) is 0.733. The molecule has 1 aromatic rings. The topological polar surface area (TPSA) is 43.8 Å². The van der Waals surface area contributed by atoms with Crippen molar-refractivity contribution in [3.05, 3.63) is 17.0 Å². The van der Waals surface area contributed by atoms with E-state index in [4.69, 9.17) is 5.73 Å². The normalized spacial score (nSPS) is 9.71. The maximum atomic E-state index is 5.64. The standard InChI is InChI=1S/C11H17N3/c1-4-5-6-7-14-10(3)11(8-12)9(2)13-14/h6-8,12H2,1-3H3. The van der Waals surface area contributed by atoms with Crippen LogP contribution in [0, 0.1) is 25.7 Å². The van der Waals surface area contributed by atoms with Crippen LogP contribution in [0.4, 0.5) is 0 Å². The van der Waals surface area contributed by atoms with Crippen LogP contribution in [-0.4, -0.2) is 9.78 Å². The summed E-state index contributed by atoms with van der Waals surface area (Å²) in [5.74, 6) is 5.91. The maximum absolute atomic E-state index is 5.64. The molecule has 0 saturated heterocycles. The highest BCUT2D eigenvalue weighted by atomic mass is 15.3. The van der Waals surface area contributed by atoms with E-state index in [0.29, 0.717) is 6.54 Å². The van der Waals surface area contributed by atoms with Gasteiger partial charge in [0.25, 0.3) is 0 Å². The summed E-state index contributed by atoms with van der Waals surface area (Å²) >= 11 is 0. The number of nitrogens with two attached hydrogens (primary N) is 1. The van der Waals surface area contributed by atoms with Crippen LogP contribution < -0.4 is 5.73 Å². The molecule has 0 saturated carbocycles. The highest BCUT2D eigenvalue weighted by Crippen LogP contribution is 2.11. The lowest BCUT2D eigenvalue weighted by atomic mass is 10.2. The molecule has 0 bridgehead atoms. The van der Waals surface area contributed by atoms with Gasteiger partial charge < -0.3 is 5.73 Å². The third kappa shape index (κ3) is 2.15. The lowest BCUT2D eigenvalue weighted by Crippen LogP contribution is -2.03. The van der Waals surface area contributed by atoms with Gasteiger partial charge in [-0.2, -0.15) is 5.10 Å². The molecule has 2 N–H and O–H groups in total. The SMILES string of the molecule is CC#CCCn1nc(C)c(CN)c1C. The molecule has 0 aliphatic heterocycles. The zero-order valence-corrected chi connectivity index (χ0v) is 9.09. The van der Waals surface area contributed by atoms with Crippen LogP contribution in [0.2, 0.25) is 0 Å². The van der Waals surface area contributed by atoms with Crippen LogP contribution in [0.25, 0.3) is 0 Å². The molecule has 1 aromatic heterocycles. The molecule has 0 spiro atoms. The summed E-state index contributed by atoms with van der Waals surface area (Å²) < 4.78 is 1.99. The van der Waals surface area contributed by atoms with E-state index in [2.05, 4.69) is 23.9 Å². The van der Waals surface area contributed by atoms with E-state index in [0.717, 1.165) is 24.2 Å². The second-order valence-electron chi connectivity index (χ2n) is 3.25. The molecule has 0 aliphatic rings. The van der Waals surface area contributed by atoms with Crippen molar-refractivity contribution < 1.29 is 0 Å². The summed E-state index contributed by atoms with van der Waals surface area (Å²) in [7, 11) is 0. The minimum absolute atomic E-state index is 0.567. The summed E-state index contributed by atoms with van der Waals surface area (Å²) in [5, 5.41) is 4.42. The molecular formula is C11H17N3. The monoisotopic (exact) mass is 191 g/mol. The Kier molecular flexibility index (Phi) is 3.73. The molecule has 3 heteroatoms. The summed E-state index contributed by atoms with van der Waals surface area (Å²) in [5.41, 5.74) is 9.01. The van der Waals surface area contributed by atoms with E-state index in [1.807, 2.05) is 18.5 Å². The third-order valence-corrected chi connectivity index (χ3v) is 2.36. The van der Waals surface area contributed by atoms with Crippen molar-refractivity contribution in [1.82, 2.24) is 9.78 Å². The minimum Gasteiger partial charge on any atom is -0.326 e. The molecule has 1 rings (SSSR count). The first-order valence-corrected chi connectivity index (χ1v) is 4.83. The van der Waals surface area contributed by atoms with Gasteiger partial charge in [0.15, 0.2) is 0 Å². The Morgan fingerprint density at radius 1 is 1.43 bits per heavy atom. The second-order valence-corrected chi connectivity index (χ2v) is 3.25. The molecule has 3 nitrogen and oxygen atoms in total. The predicted octanol–water partition coefficient (Wildman–Crippen LogP) is 1.37. The summed E-state index contributed by atoms with van der Waals surface area (Å²) in [6.45, 7) is 7.33. The van der Waals surface area contributed by atoms with Gasteiger partial charge in [0.2, 0.25) is 0 Å². The van der Waals surface area contributed by atoms with Crippen molar-refractivity contribution in [2.45, 2.75) is 40.3 Å². The van der Waals surface area contributed by atoms with E-state index >= 15 is 0 Å². The van der Waals surface area contributed by atoms with Crippen molar-refractivity contribution in [3.63, 3.8) is 0 Å². The molecule has 76 valence electrons. The lowest BCUT2D eigenvalue weighted by molar-refractivity contribution is 0.606. The third-order valence-electron chi connectivity index (χ3n) is 2.36. The Labute approximate surface area is 85.3 Å². The number of rotatable bonds is 3. The molecule has 14 heavy (non-hydrogen) atoms. The van der Waals surface area contributed by atoms with Crippen LogP contribution in [0.5, 0.6) is 0 Å². The average molecular weight is 191 g/mol. The zero-order valence-electron chi connectivity index (χ0n) is 9.09. The van der Waals surface area contributed by atoms with E-state index < -0.39 is 0 Å². The molecule has 1 heterocycles. The molecule has 0 aromatic carbocycles. The highest BCUT2D eigenvalue weighted by molar-refractivity contribution is 5.24. The number of hydrogen-bond donors (Lipinski definition) is 1. The van der Waals surface area contributed by atoms with Crippen LogP contribution in [0.3, 0.4) is 0 Å². The molecule has 0 radical (unpaired) electrons. The van der Waals surface area contributed by atoms with Gasteiger partial charge in [-0.15, -0.1) is 11.8 Å². The maximum Gasteiger partial charge on any atom is 0.0641 e. The smallest absolute Gasteiger partial charge is 0.0641 e. The molecule has 0 aliphatic carbocycles. The van der Waals surface area contributed by atoms with Gasteiger partial charge in [-0.3, -0.25) is 4.68 Å². The number of nitrogens with zero attached hydrogens (tertiary/aromatic N) is 2. The Morgan fingerprint density at radius 2 is 2.14 bits per heavy atom. The van der Waals surface area contributed by atoms with Gasteiger partial charge in [-0.1, -0.05) is 0 Å². The first-order valence-electron chi connectivity index (χ1n) is 4.83. The highest BCUT2D eigenvalue weighted by Gasteiger charge is 2.08. The predicted molar refractivity (Wildman–Crippen MR) is 57.7 cm³/mol. The van der Waals surface area contributed by atoms with Gasteiger partial charge in [0.05, 0.1) is 12.2 Å². The van der Waals surface area contributed by atoms with Crippen LogP contribution in [-0.2, 0) is 13.1 Å². The van der Waals surface area contributed by atoms with Gasteiger partial charge in [-0.25, -0.2) is 0 Å². The van der Waals surface area contributed by atoms with E-state index in [-0.39, 0.29) is 0 Å². The Balaban J connectivity index is 2.81. The molecular weight excluding hydrogens is 174 g/mol. The van der Waals surface area contributed by atoms with Crippen molar-refractivity contribution >= 4 is 0 Å². The largest absolute Gasteiger partial charge is 0.326 e. The minimum atomic E-state index is 0.567. The van der Waals surface area contributed by atoms with Crippen LogP contribution >= 0.6 is 0 Å². The van der Waals surface area contributed by atoms with E-state index in [1.165, 1.54) is 5.69 Å². The Hall–Kier alpha value is -1.27. The Morgan fingerprint density at radius 3 is 2.64 bits per heavy atom. The summed E-state index contributed by atoms with van der Waals surface area (Å²) in [6.07, 6.45) is 0.850. The number of aryl methyl sites for hydroxylation is 2. The first kappa shape index (κ1) is 10.8. The van der Waals surface area contributed by atoms with Crippen molar-refractivity contribution in [2.24, 2.45) is 5.73 Å². The fourth-order valence-electron chi connectivity index (χ4n) is 1.53. The average Bonchev–Trinajstić information content (AvgIpc) is 2.42. The Bertz CT molecular complexity index is 366. The summed E-state index contributed by atoms with van der Waals surface area (Å²) in [4.78, 5) is 0. The van der Waals surface area contributed by atoms with Crippen LogP contribution in [0.1, 0.15) is 30.3 Å². The number of hydrogen-bond acceptors (Lipinski definition) is 2. The second kappa shape index (κ2) is 4.83. The summed E-state index contributed by atoms with van der Waals surface area (Å²) in [6, 6.07) is 0. The first-order chi connectivity index (χ1) is 6.70. The van der Waals surface area contributed by atoms with Crippen LogP contribution in [0.15, 0.2) is 0 Å². The van der Waals surface area contributed by atoms with Crippen molar-refractivity contribution in [1.29, 1.82) is 0 Å². The van der Waals surface area contributed by atoms with Gasteiger partial charge in [0.1, 0.15) is 0 Å². The van der Waals surface area contributed by atoms with E-state index in [1.54, 1.807) is 0 Å². The molecule has 0 amide bonds. The van der Waals surface area contributed by atoms with Crippen molar-refractivity contribution in [3.8, 4) is 11.8 Å². The van der Waals surface area contributed by atoms with Gasteiger partial charge in [-0.05, 0) is 20.8 Å². The fraction of sp³-hybridized carbons (Fsp3) is 0.545. The van der Waals surface area contributed by atoms with Gasteiger partial charge >= 0.3 is 0 Å². The zero-order chi connectivity index (χ0) is 10.6. The van der Waals surface area contributed by atoms with Crippen molar-refractivity contribution in [2.75, 3.05) is 0 Å². The number of aromatic nitrogens is 2. The fourth-order valence-corrected chi connectivity index (χ4v) is 1.53. The molecule has 0 fully saturated rings. The van der Waals surface area contributed by atoms with E-state index in [9.17, 15) is 0 Å². The lowest BCUT2D eigenvalue weighted by Gasteiger charge is -2.01. The van der Waals surface area contributed by atoms with Gasteiger partial charge in [0, 0.05) is 24.2 Å².